The molecule has 1 N–H and O–H groups in total. The number of piperidine rings is 1. The van der Waals surface area contributed by atoms with Crippen molar-refractivity contribution in [2.24, 2.45) is 5.92 Å². The molecular weight excluding hydrogens is 244 g/mol. The second-order valence-electron chi connectivity index (χ2n) is 6.09. The standard InChI is InChI=1S/C18H30N2/c1-3-12-19-18(17-10-6-5-7-11-17)15-20-13-8-9-16(4-2)14-20/h5-7,10-11,16,18-19H,3-4,8-9,12-15H2,1-2H3. The lowest BCUT2D eigenvalue weighted by molar-refractivity contribution is 0.156. The first-order valence-corrected chi connectivity index (χ1v) is 8.34. The summed E-state index contributed by atoms with van der Waals surface area (Å²) >= 11 is 0. The van der Waals surface area contributed by atoms with Crippen molar-refractivity contribution in [1.82, 2.24) is 10.2 Å². The van der Waals surface area contributed by atoms with E-state index >= 15 is 0 Å². The molecule has 2 atom stereocenters. The van der Waals surface area contributed by atoms with E-state index in [0.717, 1.165) is 19.0 Å². The summed E-state index contributed by atoms with van der Waals surface area (Å²) in [6.45, 7) is 9.38. The van der Waals surface area contributed by atoms with Gasteiger partial charge < -0.3 is 10.2 Å². The van der Waals surface area contributed by atoms with Gasteiger partial charge in [0.25, 0.3) is 0 Å². The highest BCUT2D eigenvalue weighted by Crippen LogP contribution is 2.22. The molecule has 0 aromatic heterocycles. The third kappa shape index (κ3) is 4.60. The van der Waals surface area contributed by atoms with Gasteiger partial charge >= 0.3 is 0 Å². The lowest BCUT2D eigenvalue weighted by Gasteiger charge is -2.35. The van der Waals surface area contributed by atoms with E-state index < -0.39 is 0 Å². The van der Waals surface area contributed by atoms with Crippen LogP contribution in [-0.4, -0.2) is 31.1 Å². The van der Waals surface area contributed by atoms with E-state index in [-0.39, 0.29) is 0 Å². The highest BCUT2D eigenvalue weighted by Gasteiger charge is 2.21. The quantitative estimate of drug-likeness (QED) is 0.812. The Labute approximate surface area is 124 Å². The van der Waals surface area contributed by atoms with Crippen molar-refractivity contribution in [2.75, 3.05) is 26.2 Å². The lowest BCUT2D eigenvalue weighted by Crippen LogP contribution is -2.41. The van der Waals surface area contributed by atoms with Crippen LogP contribution in [0.15, 0.2) is 30.3 Å². The molecule has 1 aliphatic heterocycles. The van der Waals surface area contributed by atoms with Crippen LogP contribution in [0.5, 0.6) is 0 Å². The molecule has 1 heterocycles. The summed E-state index contributed by atoms with van der Waals surface area (Å²) in [6, 6.07) is 11.4. The predicted molar refractivity (Wildman–Crippen MR) is 86.9 cm³/mol. The summed E-state index contributed by atoms with van der Waals surface area (Å²) in [6.07, 6.45) is 5.31. The summed E-state index contributed by atoms with van der Waals surface area (Å²) in [5, 5.41) is 3.72. The van der Waals surface area contributed by atoms with Gasteiger partial charge in [0.05, 0.1) is 0 Å². The van der Waals surface area contributed by atoms with E-state index in [1.807, 2.05) is 0 Å². The van der Waals surface area contributed by atoms with E-state index in [2.05, 4.69) is 54.4 Å². The average molecular weight is 274 g/mol. The Morgan fingerprint density at radius 3 is 2.75 bits per heavy atom. The Bertz CT molecular complexity index is 363. The molecule has 0 amide bonds. The van der Waals surface area contributed by atoms with Crippen LogP contribution in [0.25, 0.3) is 0 Å². The van der Waals surface area contributed by atoms with Crippen LogP contribution in [0.2, 0.25) is 0 Å². The summed E-state index contributed by atoms with van der Waals surface area (Å²) in [5.41, 5.74) is 1.43. The number of benzene rings is 1. The molecule has 0 aliphatic carbocycles. The summed E-state index contributed by atoms with van der Waals surface area (Å²) in [4.78, 5) is 2.66. The van der Waals surface area contributed by atoms with Gasteiger partial charge in [-0.25, -0.2) is 0 Å². The Hall–Kier alpha value is -0.860. The van der Waals surface area contributed by atoms with Gasteiger partial charge in [-0.1, -0.05) is 50.6 Å². The SMILES string of the molecule is CCCNC(CN1CCCC(CC)C1)c1ccccc1. The Balaban J connectivity index is 1.96. The minimum absolute atomic E-state index is 0.478. The molecule has 2 nitrogen and oxygen atoms in total. The third-order valence-electron chi connectivity index (χ3n) is 4.46. The molecule has 112 valence electrons. The highest BCUT2D eigenvalue weighted by molar-refractivity contribution is 5.19. The van der Waals surface area contributed by atoms with E-state index in [0.29, 0.717) is 6.04 Å². The maximum atomic E-state index is 3.72. The van der Waals surface area contributed by atoms with Gasteiger partial charge in [0.2, 0.25) is 0 Å². The van der Waals surface area contributed by atoms with Crippen molar-refractivity contribution in [3.8, 4) is 0 Å². The van der Waals surface area contributed by atoms with Crippen molar-refractivity contribution in [3.63, 3.8) is 0 Å². The second kappa shape index (κ2) is 8.43. The Morgan fingerprint density at radius 2 is 2.05 bits per heavy atom. The average Bonchev–Trinajstić information content (AvgIpc) is 2.52. The molecule has 2 heteroatoms. The lowest BCUT2D eigenvalue weighted by atomic mass is 9.95. The maximum Gasteiger partial charge on any atom is 0.0449 e. The highest BCUT2D eigenvalue weighted by atomic mass is 15.2. The molecule has 1 aromatic rings. The zero-order valence-corrected chi connectivity index (χ0v) is 13.1. The zero-order chi connectivity index (χ0) is 14.2. The molecule has 1 aromatic carbocycles. The minimum atomic E-state index is 0.478. The number of rotatable bonds is 7. The molecule has 2 rings (SSSR count). The topological polar surface area (TPSA) is 15.3 Å². The number of hydrogen-bond acceptors (Lipinski definition) is 2. The normalized spacial score (nSPS) is 21.8. The summed E-state index contributed by atoms with van der Waals surface area (Å²) in [5.74, 6) is 0.909. The smallest absolute Gasteiger partial charge is 0.0449 e. The number of nitrogens with one attached hydrogen (secondary N) is 1. The molecule has 0 radical (unpaired) electrons. The Kier molecular flexibility index (Phi) is 6.55. The van der Waals surface area contributed by atoms with Crippen LogP contribution < -0.4 is 5.32 Å². The van der Waals surface area contributed by atoms with E-state index in [1.54, 1.807) is 0 Å². The fourth-order valence-corrected chi connectivity index (χ4v) is 3.20. The monoisotopic (exact) mass is 274 g/mol. The van der Waals surface area contributed by atoms with Crippen molar-refractivity contribution in [2.45, 2.75) is 45.6 Å². The van der Waals surface area contributed by atoms with Crippen molar-refractivity contribution < 1.29 is 0 Å². The molecule has 2 unspecified atom stereocenters. The minimum Gasteiger partial charge on any atom is -0.309 e. The molecule has 1 fully saturated rings. The van der Waals surface area contributed by atoms with Crippen LogP contribution in [0.4, 0.5) is 0 Å². The van der Waals surface area contributed by atoms with Crippen molar-refractivity contribution in [3.05, 3.63) is 35.9 Å². The fourth-order valence-electron chi connectivity index (χ4n) is 3.20. The van der Waals surface area contributed by atoms with Gasteiger partial charge in [0, 0.05) is 19.1 Å². The first kappa shape index (κ1) is 15.5. The van der Waals surface area contributed by atoms with Gasteiger partial charge in [-0.05, 0) is 43.8 Å². The van der Waals surface area contributed by atoms with Crippen LogP contribution in [0.3, 0.4) is 0 Å². The second-order valence-corrected chi connectivity index (χ2v) is 6.09. The van der Waals surface area contributed by atoms with Crippen molar-refractivity contribution >= 4 is 0 Å². The van der Waals surface area contributed by atoms with Gasteiger partial charge in [-0.15, -0.1) is 0 Å². The van der Waals surface area contributed by atoms with Gasteiger partial charge in [-0.2, -0.15) is 0 Å². The molecule has 20 heavy (non-hydrogen) atoms. The van der Waals surface area contributed by atoms with E-state index in [4.69, 9.17) is 0 Å². The summed E-state index contributed by atoms with van der Waals surface area (Å²) in [7, 11) is 0. The van der Waals surface area contributed by atoms with E-state index in [1.165, 1.54) is 44.3 Å². The molecular formula is C18H30N2. The predicted octanol–water partition coefficient (Wildman–Crippen LogP) is 3.85. The van der Waals surface area contributed by atoms with E-state index in [9.17, 15) is 0 Å². The zero-order valence-electron chi connectivity index (χ0n) is 13.1. The fraction of sp³-hybridized carbons (Fsp3) is 0.667. The van der Waals surface area contributed by atoms with Crippen LogP contribution >= 0.6 is 0 Å². The largest absolute Gasteiger partial charge is 0.309 e. The van der Waals surface area contributed by atoms with Gasteiger partial charge in [0.1, 0.15) is 0 Å². The first-order valence-electron chi connectivity index (χ1n) is 8.34. The maximum absolute atomic E-state index is 3.72. The Morgan fingerprint density at radius 1 is 1.25 bits per heavy atom. The van der Waals surface area contributed by atoms with Gasteiger partial charge in [-0.3, -0.25) is 0 Å². The van der Waals surface area contributed by atoms with Crippen LogP contribution in [0, 0.1) is 5.92 Å². The first-order chi connectivity index (χ1) is 9.83. The number of likely N-dealkylation sites (tertiary alicyclic amines) is 1. The van der Waals surface area contributed by atoms with Crippen molar-refractivity contribution in [1.29, 1.82) is 0 Å². The molecule has 0 spiro atoms. The molecule has 0 bridgehead atoms. The number of nitrogens with zero attached hydrogens (tertiary/aromatic N) is 1. The molecule has 1 saturated heterocycles. The third-order valence-corrected chi connectivity index (χ3v) is 4.46. The number of hydrogen-bond donors (Lipinski definition) is 1. The molecule has 0 saturated carbocycles. The van der Waals surface area contributed by atoms with Gasteiger partial charge in [0.15, 0.2) is 0 Å². The molecule has 1 aliphatic rings. The summed E-state index contributed by atoms with van der Waals surface area (Å²) < 4.78 is 0. The van der Waals surface area contributed by atoms with Crippen LogP contribution in [0.1, 0.15) is 51.1 Å². The van der Waals surface area contributed by atoms with Crippen LogP contribution in [-0.2, 0) is 0 Å².